The molecule has 0 spiro atoms. The van der Waals surface area contributed by atoms with Crippen molar-refractivity contribution >= 4 is 27.5 Å². The maximum atomic E-state index is 14.5. The van der Waals surface area contributed by atoms with Crippen molar-refractivity contribution in [1.82, 2.24) is 9.62 Å². The molecule has 0 bridgehead atoms. The van der Waals surface area contributed by atoms with Crippen LogP contribution in [0.25, 0.3) is 0 Å². The van der Waals surface area contributed by atoms with Crippen LogP contribution in [0.1, 0.15) is 46.3 Å². The number of amides is 1. The lowest BCUT2D eigenvalue weighted by Crippen LogP contribution is -2.41. The number of halogens is 2. The van der Waals surface area contributed by atoms with E-state index in [0.29, 0.717) is 0 Å². The maximum Gasteiger partial charge on any atom is 0.243 e. The minimum absolute atomic E-state index is 0.00991. The van der Waals surface area contributed by atoms with Gasteiger partial charge in [-0.3, -0.25) is 4.79 Å². The van der Waals surface area contributed by atoms with Crippen molar-refractivity contribution in [3.63, 3.8) is 0 Å². The smallest absolute Gasteiger partial charge is 0.243 e. The maximum absolute atomic E-state index is 14.5. The van der Waals surface area contributed by atoms with Crippen LogP contribution < -0.4 is 5.32 Å². The number of rotatable bonds is 8. The molecule has 35 heavy (non-hydrogen) atoms. The summed E-state index contributed by atoms with van der Waals surface area (Å²) < 4.78 is 42.4. The van der Waals surface area contributed by atoms with Crippen molar-refractivity contribution < 1.29 is 17.6 Å². The van der Waals surface area contributed by atoms with Crippen molar-refractivity contribution in [3.05, 3.63) is 98.8 Å². The minimum atomic E-state index is -4.12. The van der Waals surface area contributed by atoms with Gasteiger partial charge in [0.05, 0.1) is 17.5 Å². The van der Waals surface area contributed by atoms with Crippen LogP contribution in [0.5, 0.6) is 0 Å². The summed E-state index contributed by atoms with van der Waals surface area (Å²) in [6.45, 7) is 8.82. The highest BCUT2D eigenvalue weighted by Crippen LogP contribution is 2.26. The Morgan fingerprint density at radius 3 is 2.26 bits per heavy atom. The third-order valence-corrected chi connectivity index (χ3v) is 8.26. The normalized spacial score (nSPS) is 12.6. The molecule has 1 atom stereocenters. The molecule has 8 heteroatoms. The van der Waals surface area contributed by atoms with E-state index in [-0.39, 0.29) is 28.1 Å². The average molecular weight is 517 g/mol. The fraction of sp³-hybridized carbons (Fsp3) is 0.296. The second-order valence-corrected chi connectivity index (χ2v) is 11.2. The van der Waals surface area contributed by atoms with Gasteiger partial charge in [0.2, 0.25) is 15.9 Å². The van der Waals surface area contributed by atoms with Gasteiger partial charge in [0, 0.05) is 17.1 Å². The molecule has 0 saturated carbocycles. The summed E-state index contributed by atoms with van der Waals surface area (Å²) in [5.74, 6) is -1.14. The highest BCUT2D eigenvalue weighted by atomic mass is 35.5. The lowest BCUT2D eigenvalue weighted by molar-refractivity contribution is -0.122. The van der Waals surface area contributed by atoms with Crippen molar-refractivity contribution in [2.24, 2.45) is 0 Å². The van der Waals surface area contributed by atoms with Crippen molar-refractivity contribution in [1.29, 1.82) is 0 Å². The van der Waals surface area contributed by atoms with E-state index < -0.39 is 28.3 Å². The van der Waals surface area contributed by atoms with E-state index in [0.717, 1.165) is 32.1 Å². The zero-order chi connectivity index (χ0) is 25.9. The number of carbonyl (C=O) groups excluding carboxylic acids is 1. The number of hydrogen-bond acceptors (Lipinski definition) is 3. The molecule has 1 N–H and O–H groups in total. The first-order chi connectivity index (χ1) is 16.4. The van der Waals surface area contributed by atoms with Gasteiger partial charge in [-0.15, -0.1) is 0 Å². The van der Waals surface area contributed by atoms with Crippen LogP contribution in [0.4, 0.5) is 4.39 Å². The molecule has 5 nitrogen and oxygen atoms in total. The molecule has 0 aliphatic rings. The standard InChI is InChI=1S/C27H30ClFN2O3S/c1-17-9-11-22(12-10-17)35(33,34)31(15-24-25(28)7-6-8-26(24)29)16-27(32)30-21(5)23-14-19(3)18(2)13-20(23)4/h6-14,21H,15-16H2,1-5H3,(H,30,32)/t21-/m1/s1. The molecule has 0 aliphatic carbocycles. The number of hydrogen-bond donors (Lipinski definition) is 1. The van der Waals surface area contributed by atoms with Crippen LogP contribution in [-0.2, 0) is 21.4 Å². The van der Waals surface area contributed by atoms with Gasteiger partial charge < -0.3 is 5.32 Å². The first-order valence-electron chi connectivity index (χ1n) is 11.3. The molecule has 0 radical (unpaired) electrons. The monoisotopic (exact) mass is 516 g/mol. The quantitative estimate of drug-likeness (QED) is 0.412. The van der Waals surface area contributed by atoms with Crippen molar-refractivity contribution in [3.8, 4) is 0 Å². The molecule has 3 rings (SSSR count). The SMILES string of the molecule is Cc1ccc(S(=O)(=O)N(CC(=O)N[C@H](C)c2cc(C)c(C)cc2C)Cc2c(F)cccc2Cl)cc1. The number of benzene rings is 3. The van der Waals surface area contributed by atoms with E-state index in [4.69, 9.17) is 11.6 Å². The number of aryl methyl sites for hydroxylation is 4. The summed E-state index contributed by atoms with van der Waals surface area (Å²) in [7, 11) is -4.12. The van der Waals surface area contributed by atoms with Crippen molar-refractivity contribution in [2.45, 2.75) is 52.1 Å². The van der Waals surface area contributed by atoms with E-state index in [2.05, 4.69) is 11.4 Å². The molecule has 0 fully saturated rings. The third kappa shape index (κ3) is 6.28. The Morgan fingerprint density at radius 2 is 1.63 bits per heavy atom. The predicted octanol–water partition coefficient (Wildman–Crippen LogP) is 5.78. The fourth-order valence-electron chi connectivity index (χ4n) is 3.92. The van der Waals surface area contributed by atoms with Gasteiger partial charge in [0.1, 0.15) is 5.82 Å². The van der Waals surface area contributed by atoms with Gasteiger partial charge in [-0.1, -0.05) is 47.5 Å². The van der Waals surface area contributed by atoms with E-state index in [1.54, 1.807) is 12.1 Å². The number of carbonyl (C=O) groups is 1. The molecular weight excluding hydrogens is 487 g/mol. The molecule has 186 valence electrons. The first kappa shape index (κ1) is 26.9. The highest BCUT2D eigenvalue weighted by molar-refractivity contribution is 7.89. The van der Waals surface area contributed by atoms with E-state index in [9.17, 15) is 17.6 Å². The van der Waals surface area contributed by atoms with Crippen LogP contribution in [0, 0.1) is 33.5 Å². The molecule has 0 heterocycles. The summed E-state index contributed by atoms with van der Waals surface area (Å²) >= 11 is 6.17. The molecule has 3 aromatic rings. The molecule has 0 saturated heterocycles. The molecule has 0 aliphatic heterocycles. The molecule has 0 unspecified atom stereocenters. The third-order valence-electron chi connectivity index (χ3n) is 6.10. The Hall–Kier alpha value is -2.74. The second-order valence-electron chi connectivity index (χ2n) is 8.87. The van der Waals surface area contributed by atoms with E-state index >= 15 is 0 Å². The van der Waals surface area contributed by atoms with Gasteiger partial charge >= 0.3 is 0 Å². The Bertz CT molecular complexity index is 1320. The molecule has 3 aromatic carbocycles. The average Bonchev–Trinajstić information content (AvgIpc) is 2.78. The Kier molecular flexibility index (Phi) is 8.36. The summed E-state index contributed by atoms with van der Waals surface area (Å²) in [5, 5.41) is 2.98. The topological polar surface area (TPSA) is 66.5 Å². The summed E-state index contributed by atoms with van der Waals surface area (Å²) in [4.78, 5) is 13.1. The van der Waals surface area contributed by atoms with Gasteiger partial charge in [-0.25, -0.2) is 12.8 Å². The number of nitrogens with zero attached hydrogens (tertiary/aromatic N) is 1. The minimum Gasteiger partial charge on any atom is -0.348 e. The highest BCUT2D eigenvalue weighted by Gasteiger charge is 2.29. The van der Waals surface area contributed by atoms with Gasteiger partial charge in [0.25, 0.3) is 0 Å². The van der Waals surface area contributed by atoms with Crippen LogP contribution in [0.15, 0.2) is 59.5 Å². The van der Waals surface area contributed by atoms with E-state index in [1.165, 1.54) is 30.3 Å². The van der Waals surface area contributed by atoms with Gasteiger partial charge in [-0.2, -0.15) is 4.31 Å². The Balaban J connectivity index is 1.91. The largest absolute Gasteiger partial charge is 0.348 e. The lowest BCUT2D eigenvalue weighted by atomic mass is 9.96. The Morgan fingerprint density at radius 1 is 1.00 bits per heavy atom. The fourth-order valence-corrected chi connectivity index (χ4v) is 5.51. The van der Waals surface area contributed by atoms with Crippen LogP contribution >= 0.6 is 11.6 Å². The zero-order valence-electron chi connectivity index (χ0n) is 20.5. The van der Waals surface area contributed by atoms with Crippen molar-refractivity contribution in [2.75, 3.05) is 6.54 Å². The van der Waals surface area contributed by atoms with Crippen LogP contribution in [-0.4, -0.2) is 25.2 Å². The number of sulfonamides is 1. The van der Waals surface area contributed by atoms with E-state index in [1.807, 2.05) is 40.7 Å². The predicted molar refractivity (Wildman–Crippen MR) is 137 cm³/mol. The lowest BCUT2D eigenvalue weighted by Gasteiger charge is -2.24. The summed E-state index contributed by atoms with van der Waals surface area (Å²) in [6, 6.07) is 14.2. The van der Waals surface area contributed by atoms with Crippen LogP contribution in [0.3, 0.4) is 0 Å². The van der Waals surface area contributed by atoms with Crippen LogP contribution in [0.2, 0.25) is 5.02 Å². The molecule has 0 aromatic heterocycles. The van der Waals surface area contributed by atoms with Gasteiger partial charge in [-0.05, 0) is 81.1 Å². The molecule has 1 amide bonds. The first-order valence-corrected chi connectivity index (χ1v) is 13.1. The summed E-state index contributed by atoms with van der Waals surface area (Å²) in [5.41, 5.74) is 5.14. The molecular formula is C27H30ClFN2O3S. The number of nitrogens with one attached hydrogen (secondary N) is 1. The second kappa shape index (κ2) is 10.9. The zero-order valence-corrected chi connectivity index (χ0v) is 22.1. The van der Waals surface area contributed by atoms with Gasteiger partial charge in [0.15, 0.2) is 0 Å². The Labute approximate surface area is 212 Å². The summed E-state index contributed by atoms with van der Waals surface area (Å²) in [6.07, 6.45) is 0.